The molecule has 0 bridgehead atoms. The molecule has 6 nitrogen and oxygen atoms in total. The first-order valence-corrected chi connectivity index (χ1v) is 5.53. The highest BCUT2D eigenvalue weighted by molar-refractivity contribution is 6.28. The van der Waals surface area contributed by atoms with E-state index in [1.807, 2.05) is 6.07 Å². The third-order valence-electron chi connectivity index (χ3n) is 2.20. The van der Waals surface area contributed by atoms with Gasteiger partial charge in [-0.1, -0.05) is 18.2 Å². The number of rotatable bonds is 4. The van der Waals surface area contributed by atoms with Gasteiger partial charge in [0.1, 0.15) is 5.75 Å². The first kappa shape index (κ1) is 12.4. The second kappa shape index (κ2) is 5.50. The molecule has 0 aliphatic heterocycles. The molecule has 0 unspecified atom stereocenters. The number of halogens is 1. The van der Waals surface area contributed by atoms with Gasteiger partial charge in [0, 0.05) is 12.1 Å². The van der Waals surface area contributed by atoms with Crippen LogP contribution in [0, 0.1) is 0 Å². The zero-order chi connectivity index (χ0) is 13.0. The normalized spacial score (nSPS) is 10.1. The van der Waals surface area contributed by atoms with Gasteiger partial charge in [-0.15, -0.1) is 0 Å². The van der Waals surface area contributed by atoms with Gasteiger partial charge in [-0.05, 0) is 17.7 Å². The zero-order valence-corrected chi connectivity index (χ0v) is 10.3. The van der Waals surface area contributed by atoms with E-state index in [9.17, 15) is 5.11 Å². The number of anilines is 1. The fourth-order valence-corrected chi connectivity index (χ4v) is 1.49. The van der Waals surface area contributed by atoms with E-state index in [0.29, 0.717) is 6.54 Å². The summed E-state index contributed by atoms with van der Waals surface area (Å²) < 4.78 is 4.88. The van der Waals surface area contributed by atoms with Crippen molar-refractivity contribution in [2.75, 3.05) is 12.4 Å². The van der Waals surface area contributed by atoms with Crippen LogP contribution in [0.4, 0.5) is 5.95 Å². The monoisotopic (exact) mass is 266 g/mol. The first-order valence-electron chi connectivity index (χ1n) is 5.15. The van der Waals surface area contributed by atoms with Gasteiger partial charge in [0.25, 0.3) is 0 Å². The predicted octanol–water partition coefficient (Wildman–Crippen LogP) is 1.85. The average Bonchev–Trinajstić information content (AvgIpc) is 2.37. The van der Waals surface area contributed by atoms with Crippen LogP contribution in [0.15, 0.2) is 24.3 Å². The van der Waals surface area contributed by atoms with Crippen molar-refractivity contribution in [3.63, 3.8) is 0 Å². The average molecular weight is 267 g/mol. The molecule has 2 rings (SSSR count). The second-order valence-electron chi connectivity index (χ2n) is 3.40. The number of methoxy groups -OCH3 is 1. The van der Waals surface area contributed by atoms with Crippen molar-refractivity contribution in [2.45, 2.75) is 6.54 Å². The number of nitrogens with zero attached hydrogens (tertiary/aromatic N) is 3. The summed E-state index contributed by atoms with van der Waals surface area (Å²) in [4.78, 5) is 11.6. The highest BCUT2D eigenvalue weighted by atomic mass is 35.5. The highest BCUT2D eigenvalue weighted by Gasteiger charge is 2.05. The molecule has 0 saturated heterocycles. The van der Waals surface area contributed by atoms with Crippen molar-refractivity contribution in [1.82, 2.24) is 15.0 Å². The minimum atomic E-state index is 0.0432. The van der Waals surface area contributed by atoms with Crippen molar-refractivity contribution in [1.29, 1.82) is 0 Å². The number of aromatic nitrogens is 3. The molecule has 0 fully saturated rings. The molecule has 0 aliphatic rings. The Morgan fingerprint density at radius 2 is 2.06 bits per heavy atom. The molecule has 1 aromatic carbocycles. The molecule has 2 aromatic rings. The zero-order valence-electron chi connectivity index (χ0n) is 9.59. The lowest BCUT2D eigenvalue weighted by Crippen LogP contribution is -2.06. The maximum Gasteiger partial charge on any atom is 0.322 e. The standard InChI is InChI=1S/C11H11ClN4O2/c1-18-11-15-9(12)14-10(16-11)13-6-7-4-2-3-5-8(7)17/h2-5,17H,6H2,1H3,(H,13,14,15,16). The van der Waals surface area contributed by atoms with Gasteiger partial charge >= 0.3 is 6.01 Å². The second-order valence-corrected chi connectivity index (χ2v) is 3.74. The summed E-state index contributed by atoms with van der Waals surface area (Å²) in [5.74, 6) is 0.493. The Balaban J connectivity index is 2.11. The summed E-state index contributed by atoms with van der Waals surface area (Å²) in [6.07, 6.45) is 0. The van der Waals surface area contributed by atoms with E-state index in [0.717, 1.165) is 5.56 Å². The van der Waals surface area contributed by atoms with E-state index >= 15 is 0 Å². The lowest BCUT2D eigenvalue weighted by molar-refractivity contribution is 0.379. The first-order chi connectivity index (χ1) is 8.69. The maximum atomic E-state index is 9.60. The Kier molecular flexibility index (Phi) is 3.78. The number of hydrogen-bond donors (Lipinski definition) is 2. The minimum Gasteiger partial charge on any atom is -0.508 e. The van der Waals surface area contributed by atoms with Crippen molar-refractivity contribution < 1.29 is 9.84 Å². The number of para-hydroxylation sites is 1. The number of hydrogen-bond acceptors (Lipinski definition) is 6. The molecule has 18 heavy (non-hydrogen) atoms. The molecule has 0 amide bonds. The molecular weight excluding hydrogens is 256 g/mol. The molecule has 94 valence electrons. The maximum absolute atomic E-state index is 9.60. The fraction of sp³-hybridized carbons (Fsp3) is 0.182. The van der Waals surface area contributed by atoms with E-state index in [1.165, 1.54) is 7.11 Å². The van der Waals surface area contributed by atoms with E-state index in [-0.39, 0.29) is 23.0 Å². The molecule has 0 saturated carbocycles. The van der Waals surface area contributed by atoms with E-state index < -0.39 is 0 Å². The Labute approximate surface area is 109 Å². The van der Waals surface area contributed by atoms with E-state index in [1.54, 1.807) is 18.2 Å². The number of benzene rings is 1. The Morgan fingerprint density at radius 3 is 2.78 bits per heavy atom. The van der Waals surface area contributed by atoms with Gasteiger partial charge in [0.15, 0.2) is 0 Å². The number of phenolic OH excluding ortho intramolecular Hbond substituents is 1. The summed E-state index contributed by atoms with van der Waals surface area (Å²) in [6.45, 7) is 0.371. The van der Waals surface area contributed by atoms with E-state index in [4.69, 9.17) is 16.3 Å². The van der Waals surface area contributed by atoms with Gasteiger partial charge in [0.05, 0.1) is 7.11 Å². The molecule has 0 radical (unpaired) electrons. The van der Waals surface area contributed by atoms with Crippen molar-refractivity contribution >= 4 is 17.5 Å². The van der Waals surface area contributed by atoms with Gasteiger partial charge in [-0.3, -0.25) is 0 Å². The summed E-state index contributed by atoms with van der Waals surface area (Å²) in [7, 11) is 1.44. The molecule has 1 aromatic heterocycles. The SMILES string of the molecule is COc1nc(Cl)nc(NCc2ccccc2O)n1. The van der Waals surface area contributed by atoms with Crippen LogP contribution in [0.3, 0.4) is 0 Å². The van der Waals surface area contributed by atoms with Crippen LogP contribution in [0.1, 0.15) is 5.56 Å². The van der Waals surface area contributed by atoms with Crippen LogP contribution in [-0.4, -0.2) is 27.2 Å². The minimum absolute atomic E-state index is 0.0432. The van der Waals surface area contributed by atoms with Gasteiger partial charge in [0.2, 0.25) is 11.2 Å². The Hall–Kier alpha value is -2.08. The molecule has 1 heterocycles. The molecule has 0 atom stereocenters. The predicted molar refractivity (Wildman–Crippen MR) is 66.8 cm³/mol. The van der Waals surface area contributed by atoms with Crippen molar-refractivity contribution in [2.24, 2.45) is 0 Å². The van der Waals surface area contributed by atoms with Crippen LogP contribution >= 0.6 is 11.6 Å². The largest absolute Gasteiger partial charge is 0.508 e. The molecule has 2 N–H and O–H groups in total. The molecular formula is C11H11ClN4O2. The van der Waals surface area contributed by atoms with E-state index in [2.05, 4.69) is 20.3 Å². The van der Waals surface area contributed by atoms with Crippen molar-refractivity contribution in [3.8, 4) is 11.8 Å². The quantitative estimate of drug-likeness (QED) is 0.879. The van der Waals surface area contributed by atoms with Crippen LogP contribution in [0.5, 0.6) is 11.8 Å². The molecule has 0 spiro atoms. The third-order valence-corrected chi connectivity index (χ3v) is 2.37. The third kappa shape index (κ3) is 2.98. The van der Waals surface area contributed by atoms with Crippen LogP contribution in [0.25, 0.3) is 0 Å². The molecule has 0 aliphatic carbocycles. The number of ether oxygens (including phenoxy) is 1. The lowest BCUT2D eigenvalue weighted by atomic mass is 10.2. The topological polar surface area (TPSA) is 80.2 Å². The Bertz CT molecular complexity index is 550. The fourth-order valence-electron chi connectivity index (χ4n) is 1.34. The highest BCUT2D eigenvalue weighted by Crippen LogP contribution is 2.17. The molecule has 7 heteroatoms. The Morgan fingerprint density at radius 1 is 1.28 bits per heavy atom. The number of nitrogens with one attached hydrogen (secondary N) is 1. The van der Waals surface area contributed by atoms with Gasteiger partial charge < -0.3 is 15.2 Å². The smallest absolute Gasteiger partial charge is 0.322 e. The number of phenols is 1. The summed E-state index contributed by atoms with van der Waals surface area (Å²) in [6, 6.07) is 7.12. The summed E-state index contributed by atoms with van der Waals surface area (Å²) in [5, 5.41) is 12.6. The van der Waals surface area contributed by atoms with Crippen LogP contribution in [0.2, 0.25) is 5.28 Å². The lowest BCUT2D eigenvalue weighted by Gasteiger charge is -2.07. The summed E-state index contributed by atoms with van der Waals surface area (Å²) in [5.41, 5.74) is 0.730. The van der Waals surface area contributed by atoms with Crippen LogP contribution < -0.4 is 10.1 Å². The number of aromatic hydroxyl groups is 1. The van der Waals surface area contributed by atoms with Gasteiger partial charge in [-0.2, -0.15) is 15.0 Å². The van der Waals surface area contributed by atoms with Gasteiger partial charge in [-0.25, -0.2) is 0 Å². The summed E-state index contributed by atoms with van der Waals surface area (Å²) >= 11 is 5.71. The van der Waals surface area contributed by atoms with Crippen molar-refractivity contribution in [3.05, 3.63) is 35.1 Å². The van der Waals surface area contributed by atoms with Crippen LogP contribution in [-0.2, 0) is 6.54 Å².